The van der Waals surface area contributed by atoms with Crippen LogP contribution in [0.3, 0.4) is 0 Å². The molecular weight excluding hydrogens is 340 g/mol. The molecule has 0 aliphatic rings. The van der Waals surface area contributed by atoms with E-state index >= 15 is 0 Å². The first-order valence-corrected chi connectivity index (χ1v) is 9.28. The van der Waals surface area contributed by atoms with Crippen LogP contribution in [0.2, 0.25) is 5.02 Å². The molecule has 2 aromatic carbocycles. The van der Waals surface area contributed by atoms with Crippen molar-refractivity contribution in [3.8, 4) is 0 Å². The summed E-state index contributed by atoms with van der Waals surface area (Å²) in [5.74, 6) is 0.0670. The number of nitrogens with one attached hydrogen (secondary N) is 1. The third-order valence-corrected chi connectivity index (χ3v) is 5.03. The van der Waals surface area contributed by atoms with Crippen molar-refractivity contribution in [3.05, 3.63) is 59.6 Å². The summed E-state index contributed by atoms with van der Waals surface area (Å²) in [5.41, 5.74) is 1.19. The van der Waals surface area contributed by atoms with Crippen molar-refractivity contribution >= 4 is 35.0 Å². The summed E-state index contributed by atoms with van der Waals surface area (Å²) in [7, 11) is 2.07. The first-order valence-electron chi connectivity index (χ1n) is 8.02. The van der Waals surface area contributed by atoms with Gasteiger partial charge in [0.25, 0.3) is 0 Å². The van der Waals surface area contributed by atoms with Gasteiger partial charge in [0, 0.05) is 35.7 Å². The number of hydrogen-bond donors (Lipinski definition) is 1. The van der Waals surface area contributed by atoms with Crippen LogP contribution in [0, 0.1) is 0 Å². The summed E-state index contributed by atoms with van der Waals surface area (Å²) in [6.45, 7) is 3.51. The molecule has 1 atom stereocenters. The second-order valence-corrected chi connectivity index (χ2v) is 7.47. The number of carbonyl (C=O) groups excluding carboxylic acids is 1. The van der Waals surface area contributed by atoms with Crippen molar-refractivity contribution in [1.29, 1.82) is 0 Å². The van der Waals surface area contributed by atoms with Gasteiger partial charge in [0.15, 0.2) is 0 Å². The van der Waals surface area contributed by atoms with Gasteiger partial charge in [0.1, 0.15) is 0 Å². The van der Waals surface area contributed by atoms with Gasteiger partial charge >= 0.3 is 0 Å². The first-order chi connectivity index (χ1) is 11.6. The van der Waals surface area contributed by atoms with Crippen LogP contribution < -0.4 is 10.2 Å². The van der Waals surface area contributed by atoms with E-state index in [1.54, 1.807) is 11.8 Å². The van der Waals surface area contributed by atoms with Crippen LogP contribution in [0.15, 0.2) is 59.5 Å². The molecule has 5 heteroatoms. The monoisotopic (exact) mass is 362 g/mol. The number of rotatable bonds is 8. The van der Waals surface area contributed by atoms with Crippen LogP contribution in [0.25, 0.3) is 0 Å². The van der Waals surface area contributed by atoms with E-state index in [1.165, 1.54) is 5.69 Å². The zero-order valence-corrected chi connectivity index (χ0v) is 15.6. The highest BCUT2D eigenvalue weighted by Crippen LogP contribution is 2.24. The smallest absolute Gasteiger partial charge is 0.233 e. The summed E-state index contributed by atoms with van der Waals surface area (Å²) >= 11 is 7.41. The van der Waals surface area contributed by atoms with Crippen LogP contribution in [0.5, 0.6) is 0 Å². The Morgan fingerprint density at radius 1 is 1.17 bits per heavy atom. The lowest BCUT2D eigenvalue weighted by molar-refractivity contribution is -0.120. The van der Waals surface area contributed by atoms with E-state index in [1.807, 2.05) is 49.4 Å². The lowest BCUT2D eigenvalue weighted by atomic mass is 10.3. The molecular formula is C19H23ClN2OS. The number of thioether (sulfide) groups is 1. The maximum atomic E-state index is 12.2. The minimum atomic E-state index is -0.127. The summed E-state index contributed by atoms with van der Waals surface area (Å²) in [6.07, 6.45) is 0.912. The fourth-order valence-corrected chi connectivity index (χ4v) is 3.27. The Kier molecular flexibility index (Phi) is 7.47. The maximum Gasteiger partial charge on any atom is 0.233 e. The molecule has 1 N–H and O–H groups in total. The van der Waals surface area contributed by atoms with Crippen molar-refractivity contribution < 1.29 is 4.79 Å². The molecule has 0 fully saturated rings. The van der Waals surface area contributed by atoms with Crippen LogP contribution in [0.1, 0.15) is 13.3 Å². The number of benzene rings is 2. The fraction of sp³-hybridized carbons (Fsp3) is 0.316. The maximum absolute atomic E-state index is 12.2. The van der Waals surface area contributed by atoms with Crippen LogP contribution in [-0.2, 0) is 4.79 Å². The molecule has 0 bridgehead atoms. The Bertz CT molecular complexity index is 634. The standard InChI is InChI=1S/C19H23ClN2OS/c1-15(24-18-11-9-16(20)10-12-18)19(23)21-13-6-14-22(2)17-7-4-3-5-8-17/h3-5,7-12,15H,6,13-14H2,1-2H3,(H,21,23)/t15-/m1/s1. The van der Waals surface area contributed by atoms with E-state index in [-0.39, 0.29) is 11.2 Å². The van der Waals surface area contributed by atoms with E-state index in [4.69, 9.17) is 11.6 Å². The first kappa shape index (κ1) is 18.7. The number of amides is 1. The minimum Gasteiger partial charge on any atom is -0.375 e. The summed E-state index contributed by atoms with van der Waals surface area (Å²) in [4.78, 5) is 15.4. The molecule has 2 aromatic rings. The third-order valence-electron chi connectivity index (χ3n) is 3.66. The molecule has 0 spiro atoms. The summed E-state index contributed by atoms with van der Waals surface area (Å²) in [6, 6.07) is 17.8. The summed E-state index contributed by atoms with van der Waals surface area (Å²) < 4.78 is 0. The van der Waals surface area contributed by atoms with Gasteiger partial charge in [-0.15, -0.1) is 11.8 Å². The van der Waals surface area contributed by atoms with Crippen LogP contribution in [0.4, 0.5) is 5.69 Å². The van der Waals surface area contributed by atoms with Crippen molar-refractivity contribution in [1.82, 2.24) is 5.32 Å². The Morgan fingerprint density at radius 2 is 1.83 bits per heavy atom. The molecule has 0 aliphatic heterocycles. The van der Waals surface area contributed by atoms with Gasteiger partial charge in [0.05, 0.1) is 5.25 Å². The Morgan fingerprint density at radius 3 is 2.50 bits per heavy atom. The molecule has 3 nitrogen and oxygen atoms in total. The van der Waals surface area contributed by atoms with Crippen molar-refractivity contribution in [2.75, 3.05) is 25.0 Å². The van der Waals surface area contributed by atoms with E-state index in [0.29, 0.717) is 11.6 Å². The fourth-order valence-electron chi connectivity index (χ4n) is 2.25. The van der Waals surface area contributed by atoms with Crippen molar-refractivity contribution in [2.24, 2.45) is 0 Å². The van der Waals surface area contributed by atoms with Crippen LogP contribution >= 0.6 is 23.4 Å². The Hall–Kier alpha value is -1.65. The molecule has 0 unspecified atom stereocenters. The molecule has 0 aromatic heterocycles. The lowest BCUT2D eigenvalue weighted by Gasteiger charge is -2.19. The highest BCUT2D eigenvalue weighted by Gasteiger charge is 2.13. The normalized spacial score (nSPS) is 11.8. The molecule has 0 saturated heterocycles. The van der Waals surface area contributed by atoms with Gasteiger partial charge in [0.2, 0.25) is 5.91 Å². The number of hydrogen-bond acceptors (Lipinski definition) is 3. The molecule has 2 rings (SSSR count). The quantitative estimate of drug-likeness (QED) is 0.555. The Balaban J connectivity index is 1.68. The van der Waals surface area contributed by atoms with E-state index in [0.717, 1.165) is 17.9 Å². The van der Waals surface area contributed by atoms with Gasteiger partial charge in [-0.05, 0) is 49.7 Å². The average Bonchev–Trinajstić information content (AvgIpc) is 2.61. The van der Waals surface area contributed by atoms with Crippen molar-refractivity contribution in [2.45, 2.75) is 23.5 Å². The van der Waals surface area contributed by atoms with Gasteiger partial charge < -0.3 is 10.2 Å². The van der Waals surface area contributed by atoms with Gasteiger partial charge in [-0.2, -0.15) is 0 Å². The molecule has 24 heavy (non-hydrogen) atoms. The number of nitrogens with zero attached hydrogens (tertiary/aromatic N) is 1. The largest absolute Gasteiger partial charge is 0.375 e. The predicted molar refractivity (Wildman–Crippen MR) is 104 cm³/mol. The van der Waals surface area contributed by atoms with E-state index in [2.05, 4.69) is 29.4 Å². The van der Waals surface area contributed by atoms with Gasteiger partial charge in [-0.25, -0.2) is 0 Å². The molecule has 1 amide bonds. The molecule has 0 aliphatic carbocycles. The zero-order chi connectivity index (χ0) is 17.4. The number of carbonyl (C=O) groups is 1. The molecule has 0 radical (unpaired) electrons. The third kappa shape index (κ3) is 6.10. The molecule has 128 valence electrons. The number of halogens is 1. The lowest BCUT2D eigenvalue weighted by Crippen LogP contribution is -2.33. The second kappa shape index (κ2) is 9.60. The topological polar surface area (TPSA) is 32.3 Å². The van der Waals surface area contributed by atoms with E-state index in [9.17, 15) is 4.79 Å². The second-order valence-electron chi connectivity index (χ2n) is 5.62. The Labute approximate surface area is 153 Å². The van der Waals surface area contributed by atoms with E-state index < -0.39 is 0 Å². The zero-order valence-electron chi connectivity index (χ0n) is 14.0. The number of para-hydroxylation sites is 1. The van der Waals surface area contributed by atoms with Gasteiger partial charge in [-0.3, -0.25) is 4.79 Å². The van der Waals surface area contributed by atoms with Crippen LogP contribution in [-0.4, -0.2) is 31.3 Å². The number of anilines is 1. The average molecular weight is 363 g/mol. The van der Waals surface area contributed by atoms with Gasteiger partial charge in [-0.1, -0.05) is 29.8 Å². The molecule has 0 heterocycles. The molecule has 0 saturated carbocycles. The SMILES string of the molecule is C[C@@H](Sc1ccc(Cl)cc1)C(=O)NCCCN(C)c1ccccc1. The summed E-state index contributed by atoms with van der Waals surface area (Å²) in [5, 5.41) is 3.59. The highest BCUT2D eigenvalue weighted by molar-refractivity contribution is 8.00. The minimum absolute atomic E-state index is 0.0670. The van der Waals surface area contributed by atoms with Crippen molar-refractivity contribution in [3.63, 3.8) is 0 Å². The predicted octanol–water partition coefficient (Wildman–Crippen LogP) is 4.46. The highest BCUT2D eigenvalue weighted by atomic mass is 35.5.